The van der Waals surface area contributed by atoms with E-state index in [1.807, 2.05) is 0 Å². The van der Waals surface area contributed by atoms with Crippen LogP contribution in [0.25, 0.3) is 81.4 Å². The van der Waals surface area contributed by atoms with Crippen LogP contribution in [0.4, 0.5) is 5.69 Å². The van der Waals surface area contributed by atoms with Crippen molar-refractivity contribution in [3.05, 3.63) is 169 Å². The van der Waals surface area contributed by atoms with E-state index < -0.39 is 0 Å². The average Bonchev–Trinajstić information content (AvgIpc) is 3.68. The first-order valence-corrected chi connectivity index (χ1v) is 17.3. The monoisotopic (exact) mass is 636 g/mol. The molecule has 1 N–H and O–H groups in total. The summed E-state index contributed by atoms with van der Waals surface area (Å²) in [6.45, 7) is 0. The lowest BCUT2D eigenvalue weighted by Gasteiger charge is -2.28. The van der Waals surface area contributed by atoms with Crippen molar-refractivity contribution < 1.29 is 0 Å². The van der Waals surface area contributed by atoms with Crippen molar-refractivity contribution in [3.8, 4) is 0 Å². The van der Waals surface area contributed by atoms with Crippen LogP contribution in [0.3, 0.4) is 0 Å². The minimum absolute atomic E-state index is 0.0575. The van der Waals surface area contributed by atoms with Crippen LogP contribution in [-0.2, 0) is 0 Å². The van der Waals surface area contributed by atoms with Crippen LogP contribution in [-0.4, -0.2) is 14.9 Å². The van der Waals surface area contributed by atoms with Gasteiger partial charge in [-0.15, -0.1) is 0 Å². The topological polar surface area (TPSA) is 33.7 Å². The minimum Gasteiger partial charge on any atom is -0.344 e. The third kappa shape index (κ3) is 3.28. The number of aromatic nitrogens is 2. The standard InChI is InChI=1S/C46H28N4/c1-2-13-27(14-3-1)42-35-20-8-10-23-37(35)47-46(48-42)50-44-30-17-6-4-15-28(30)25-36-34-22-12-21-33-32-19-9-11-24-38(32)49(43(33)34)39-26-29-16-5-7-18-31(29)45(50)41(39)40(36)44/h1-26,42H,(H,47,48). The molecule has 0 radical (unpaired) electrons. The molecule has 1 aliphatic heterocycles. The first-order valence-electron chi connectivity index (χ1n) is 17.3. The predicted octanol–water partition coefficient (Wildman–Crippen LogP) is 11.5. The van der Waals surface area contributed by atoms with E-state index in [-0.39, 0.29) is 6.04 Å². The molecule has 11 aromatic rings. The summed E-state index contributed by atoms with van der Waals surface area (Å²) in [5.41, 5.74) is 9.40. The summed E-state index contributed by atoms with van der Waals surface area (Å²) in [7, 11) is 0. The molecule has 0 spiro atoms. The highest BCUT2D eigenvalue weighted by Crippen LogP contribution is 2.48. The number of rotatable bonds is 1. The Morgan fingerprint density at radius 2 is 1.08 bits per heavy atom. The summed E-state index contributed by atoms with van der Waals surface area (Å²) in [5.74, 6) is 0.832. The van der Waals surface area contributed by atoms with Gasteiger partial charge < -0.3 is 9.72 Å². The summed E-state index contributed by atoms with van der Waals surface area (Å²) in [5, 5.41) is 16.4. The van der Waals surface area contributed by atoms with Gasteiger partial charge >= 0.3 is 0 Å². The van der Waals surface area contributed by atoms with Crippen LogP contribution >= 0.6 is 0 Å². The predicted molar refractivity (Wildman–Crippen MR) is 209 cm³/mol. The van der Waals surface area contributed by atoms with Gasteiger partial charge in [-0.2, -0.15) is 0 Å². The van der Waals surface area contributed by atoms with E-state index in [2.05, 4.69) is 172 Å². The minimum atomic E-state index is -0.0575. The first-order chi connectivity index (χ1) is 24.8. The molecular weight excluding hydrogens is 609 g/mol. The third-order valence-electron chi connectivity index (χ3n) is 11.0. The van der Waals surface area contributed by atoms with Gasteiger partial charge in [-0.1, -0.05) is 133 Å². The maximum atomic E-state index is 5.47. The maximum Gasteiger partial charge on any atom is 0.209 e. The third-order valence-corrected chi connectivity index (χ3v) is 11.0. The Morgan fingerprint density at radius 1 is 0.460 bits per heavy atom. The first kappa shape index (κ1) is 26.3. The van der Waals surface area contributed by atoms with Gasteiger partial charge in [-0.3, -0.25) is 4.57 Å². The van der Waals surface area contributed by atoms with Crippen LogP contribution in [0.15, 0.2) is 163 Å². The molecule has 232 valence electrons. The highest BCUT2D eigenvalue weighted by atomic mass is 15.2. The van der Waals surface area contributed by atoms with Crippen LogP contribution < -0.4 is 5.32 Å². The Morgan fingerprint density at radius 3 is 1.90 bits per heavy atom. The number of nitrogens with zero attached hydrogens (tertiary/aromatic N) is 3. The van der Waals surface area contributed by atoms with Crippen molar-refractivity contribution in [1.82, 2.24) is 14.3 Å². The Balaban J connectivity index is 1.38. The quantitative estimate of drug-likeness (QED) is 0.191. The molecule has 3 aromatic heterocycles. The highest BCUT2D eigenvalue weighted by Gasteiger charge is 2.30. The lowest BCUT2D eigenvalue weighted by atomic mass is 9.96. The Bertz CT molecular complexity index is 3240. The molecule has 0 aliphatic carbocycles. The maximum absolute atomic E-state index is 5.47. The van der Waals surface area contributed by atoms with E-state index in [1.54, 1.807) is 0 Å². The van der Waals surface area contributed by atoms with E-state index in [4.69, 9.17) is 4.99 Å². The average molecular weight is 637 g/mol. The van der Waals surface area contributed by atoms with Gasteiger partial charge in [0.15, 0.2) is 0 Å². The Labute approximate surface area is 286 Å². The molecule has 1 atom stereocenters. The molecule has 0 fully saturated rings. The van der Waals surface area contributed by atoms with Crippen molar-refractivity contribution >= 4 is 93.1 Å². The zero-order valence-electron chi connectivity index (χ0n) is 26.9. The van der Waals surface area contributed by atoms with Crippen molar-refractivity contribution in [2.75, 3.05) is 0 Å². The highest BCUT2D eigenvalue weighted by molar-refractivity contribution is 6.39. The van der Waals surface area contributed by atoms with E-state index in [9.17, 15) is 0 Å². The molecule has 50 heavy (non-hydrogen) atoms. The zero-order valence-corrected chi connectivity index (χ0v) is 26.9. The fourth-order valence-electron chi connectivity index (χ4n) is 9.01. The van der Waals surface area contributed by atoms with Gasteiger partial charge in [0.2, 0.25) is 5.96 Å². The molecule has 4 nitrogen and oxygen atoms in total. The molecule has 0 bridgehead atoms. The van der Waals surface area contributed by atoms with Crippen LogP contribution in [0.2, 0.25) is 0 Å². The van der Waals surface area contributed by atoms with E-state index >= 15 is 0 Å². The molecule has 12 rings (SSSR count). The second-order valence-electron chi connectivity index (χ2n) is 13.6. The van der Waals surface area contributed by atoms with Gasteiger partial charge in [0, 0.05) is 43.3 Å². The summed E-state index contributed by atoms with van der Waals surface area (Å²) in [6, 6.07) is 57.5. The van der Waals surface area contributed by atoms with E-state index in [0.717, 1.165) is 11.6 Å². The molecule has 1 aliphatic rings. The van der Waals surface area contributed by atoms with E-state index in [1.165, 1.54) is 92.6 Å². The second-order valence-corrected chi connectivity index (χ2v) is 13.6. The lowest BCUT2D eigenvalue weighted by molar-refractivity contribution is 0.732. The molecule has 1 unspecified atom stereocenters. The summed E-state index contributed by atoms with van der Waals surface area (Å²) in [4.78, 5) is 5.47. The number of fused-ring (bicyclic) bond motifs is 10. The molecule has 4 heteroatoms. The molecule has 4 heterocycles. The van der Waals surface area contributed by atoms with Crippen LogP contribution in [0.5, 0.6) is 0 Å². The number of hydrogen-bond acceptors (Lipinski definition) is 2. The fraction of sp³-hybridized carbons (Fsp3) is 0.0217. The van der Waals surface area contributed by atoms with Crippen LogP contribution in [0.1, 0.15) is 17.2 Å². The van der Waals surface area contributed by atoms with Gasteiger partial charge in [-0.25, -0.2) is 4.99 Å². The number of hydrogen-bond donors (Lipinski definition) is 1. The second kappa shape index (κ2) is 9.49. The summed E-state index contributed by atoms with van der Waals surface area (Å²) >= 11 is 0. The summed E-state index contributed by atoms with van der Waals surface area (Å²) in [6.07, 6.45) is 0. The lowest BCUT2D eigenvalue weighted by Crippen LogP contribution is -2.36. The SMILES string of the molecule is c1ccc(C2NC(n3c4c5ccccc5cc5c6cccc7c8ccccc8n(c8cc9ccccc9c3c8c54)c67)=Nc3ccccc32)cc1. The Hall–Kier alpha value is -6.65. The largest absolute Gasteiger partial charge is 0.344 e. The smallest absolute Gasteiger partial charge is 0.209 e. The number of nitrogens with one attached hydrogen (secondary N) is 1. The molecule has 0 amide bonds. The number of benzene rings is 8. The van der Waals surface area contributed by atoms with Gasteiger partial charge in [-0.05, 0) is 46.0 Å². The number of para-hydroxylation sites is 3. The number of aliphatic imine (C=N–C) groups is 1. The summed E-state index contributed by atoms with van der Waals surface area (Å²) < 4.78 is 4.98. The van der Waals surface area contributed by atoms with Gasteiger partial charge in [0.1, 0.15) is 0 Å². The normalized spacial score (nSPS) is 14.9. The van der Waals surface area contributed by atoms with Crippen LogP contribution in [0, 0.1) is 0 Å². The molecule has 0 saturated heterocycles. The Kier molecular flexibility index (Phi) is 5.00. The van der Waals surface area contributed by atoms with Gasteiger partial charge in [0.25, 0.3) is 0 Å². The van der Waals surface area contributed by atoms with Crippen molar-refractivity contribution in [2.24, 2.45) is 4.99 Å². The fourth-order valence-corrected chi connectivity index (χ4v) is 9.01. The molecule has 8 aromatic carbocycles. The van der Waals surface area contributed by atoms with Crippen molar-refractivity contribution in [1.29, 1.82) is 0 Å². The van der Waals surface area contributed by atoms with E-state index in [0.29, 0.717) is 0 Å². The van der Waals surface area contributed by atoms with Crippen molar-refractivity contribution in [3.63, 3.8) is 0 Å². The van der Waals surface area contributed by atoms with Gasteiger partial charge in [0.05, 0.1) is 39.3 Å². The van der Waals surface area contributed by atoms with Crippen molar-refractivity contribution in [2.45, 2.75) is 6.04 Å². The molecular formula is C46H28N4. The molecule has 0 saturated carbocycles. The zero-order chi connectivity index (χ0) is 32.5.